The molecule has 1 aliphatic rings. The molecule has 3 heterocycles. The van der Waals surface area contributed by atoms with Gasteiger partial charge in [-0.2, -0.15) is 9.29 Å². The molecule has 8 nitrogen and oxygen atoms in total. The Kier molecular flexibility index (Phi) is 6.16. The Balaban J connectivity index is 1.73. The van der Waals surface area contributed by atoms with Gasteiger partial charge in [0.15, 0.2) is 0 Å². The summed E-state index contributed by atoms with van der Waals surface area (Å²) in [6.07, 6.45) is 1.66. The lowest BCUT2D eigenvalue weighted by Gasteiger charge is -2.32. The van der Waals surface area contributed by atoms with E-state index in [1.54, 1.807) is 13.0 Å². The van der Waals surface area contributed by atoms with E-state index in [0.29, 0.717) is 53.8 Å². The molecule has 0 unspecified atom stereocenters. The van der Waals surface area contributed by atoms with Crippen molar-refractivity contribution in [2.24, 2.45) is 5.92 Å². The lowest BCUT2D eigenvalue weighted by atomic mass is 9.96. The zero-order chi connectivity index (χ0) is 21.4. The van der Waals surface area contributed by atoms with Crippen molar-refractivity contribution in [1.29, 1.82) is 0 Å². The highest BCUT2D eigenvalue weighted by molar-refractivity contribution is 7.89. The van der Waals surface area contributed by atoms with Crippen LogP contribution >= 0.6 is 11.3 Å². The van der Waals surface area contributed by atoms with Crippen LogP contribution in [0.4, 0.5) is 0 Å². The normalized spacial score (nSPS) is 16.9. The quantitative estimate of drug-likeness (QED) is 0.766. The van der Waals surface area contributed by atoms with Crippen LogP contribution in [0.2, 0.25) is 0 Å². The second-order valence-electron chi connectivity index (χ2n) is 8.31. The van der Waals surface area contributed by atoms with Crippen LogP contribution in [-0.4, -0.2) is 47.4 Å². The molecule has 1 saturated heterocycles. The molecular formula is C19H28N4O4S2. The largest absolute Gasteiger partial charge is 0.351 e. The molecular weight excluding hydrogens is 412 g/mol. The van der Waals surface area contributed by atoms with Gasteiger partial charge < -0.3 is 9.84 Å². The fourth-order valence-corrected chi connectivity index (χ4v) is 6.25. The van der Waals surface area contributed by atoms with Crippen LogP contribution in [0, 0.1) is 12.8 Å². The maximum Gasteiger partial charge on any atom is 0.244 e. The molecule has 1 aliphatic heterocycles. The van der Waals surface area contributed by atoms with Gasteiger partial charge >= 0.3 is 0 Å². The Hall–Kier alpha value is -1.78. The maximum absolute atomic E-state index is 13.2. The summed E-state index contributed by atoms with van der Waals surface area (Å²) in [5, 5.41) is 6.92. The van der Waals surface area contributed by atoms with Crippen molar-refractivity contribution in [2.75, 3.05) is 13.1 Å². The number of piperidine rings is 1. The fraction of sp³-hybridized carbons (Fsp3) is 0.632. The first-order chi connectivity index (χ1) is 13.5. The van der Waals surface area contributed by atoms with Crippen molar-refractivity contribution < 1.29 is 17.7 Å². The van der Waals surface area contributed by atoms with Gasteiger partial charge in [0.05, 0.1) is 9.77 Å². The molecule has 29 heavy (non-hydrogen) atoms. The molecule has 160 valence electrons. The smallest absolute Gasteiger partial charge is 0.244 e. The summed E-state index contributed by atoms with van der Waals surface area (Å²) in [6, 6.07) is 1.62. The van der Waals surface area contributed by atoms with Crippen molar-refractivity contribution >= 4 is 27.3 Å². The lowest BCUT2D eigenvalue weighted by Crippen LogP contribution is -2.47. The van der Waals surface area contributed by atoms with Crippen molar-refractivity contribution in [2.45, 2.75) is 64.3 Å². The fourth-order valence-electron chi connectivity index (χ4n) is 3.30. The number of amides is 1. The monoisotopic (exact) mass is 440 g/mol. The molecule has 0 aromatic carbocycles. The van der Waals surface area contributed by atoms with Crippen LogP contribution in [-0.2, 0) is 21.2 Å². The molecule has 0 saturated carbocycles. The summed E-state index contributed by atoms with van der Waals surface area (Å²) in [7, 11) is -3.64. The predicted molar refractivity (Wildman–Crippen MR) is 111 cm³/mol. The number of carbonyl (C=O) groups excluding carboxylic acids is 1. The summed E-state index contributed by atoms with van der Waals surface area (Å²) in [6.45, 7) is 10.2. The molecule has 3 rings (SSSR count). The van der Waals surface area contributed by atoms with Gasteiger partial charge in [0.2, 0.25) is 27.6 Å². The Morgan fingerprint density at radius 3 is 2.55 bits per heavy atom. The van der Waals surface area contributed by atoms with Gasteiger partial charge in [0.25, 0.3) is 0 Å². The number of aryl methyl sites for hydroxylation is 2. The number of sulfonamides is 1. The highest BCUT2D eigenvalue weighted by atomic mass is 32.2. The number of hydrogen-bond acceptors (Lipinski definition) is 7. The van der Waals surface area contributed by atoms with Crippen molar-refractivity contribution in [3.05, 3.63) is 16.8 Å². The Labute approximate surface area is 175 Å². The van der Waals surface area contributed by atoms with Gasteiger partial charge in [0, 0.05) is 35.8 Å². The zero-order valence-electron chi connectivity index (χ0n) is 17.5. The molecule has 0 bridgehead atoms. The third kappa shape index (κ3) is 4.87. The van der Waals surface area contributed by atoms with E-state index in [-0.39, 0.29) is 22.3 Å². The zero-order valence-corrected chi connectivity index (χ0v) is 19.1. The van der Waals surface area contributed by atoms with E-state index in [1.807, 2.05) is 27.7 Å². The van der Waals surface area contributed by atoms with E-state index in [9.17, 15) is 13.2 Å². The summed E-state index contributed by atoms with van der Waals surface area (Å²) in [4.78, 5) is 18.3. The molecule has 0 aliphatic carbocycles. The SMILES string of the molecule is CCc1nc(-c2cc(S(=O)(=O)N3CCC(C(=O)NC(C)(C)C)CC3)c(C)s2)no1. The van der Waals surface area contributed by atoms with Crippen LogP contribution < -0.4 is 5.32 Å². The van der Waals surface area contributed by atoms with Gasteiger partial charge in [-0.15, -0.1) is 11.3 Å². The van der Waals surface area contributed by atoms with Gasteiger partial charge in [-0.05, 0) is 46.6 Å². The first-order valence-electron chi connectivity index (χ1n) is 9.77. The molecule has 1 amide bonds. The second-order valence-corrected chi connectivity index (χ2v) is 11.5. The third-order valence-corrected chi connectivity index (χ3v) is 8.00. The van der Waals surface area contributed by atoms with E-state index in [1.165, 1.54) is 15.6 Å². The first-order valence-corrected chi connectivity index (χ1v) is 12.0. The summed E-state index contributed by atoms with van der Waals surface area (Å²) >= 11 is 1.34. The van der Waals surface area contributed by atoms with E-state index >= 15 is 0 Å². The van der Waals surface area contributed by atoms with Crippen LogP contribution in [0.1, 0.15) is 51.3 Å². The van der Waals surface area contributed by atoms with Crippen LogP contribution in [0.5, 0.6) is 0 Å². The molecule has 2 aromatic rings. The molecule has 0 radical (unpaired) electrons. The molecule has 10 heteroatoms. The number of nitrogens with one attached hydrogen (secondary N) is 1. The summed E-state index contributed by atoms with van der Waals surface area (Å²) < 4.78 is 33.0. The second kappa shape index (κ2) is 8.16. The van der Waals surface area contributed by atoms with E-state index in [2.05, 4.69) is 15.5 Å². The highest BCUT2D eigenvalue weighted by Crippen LogP contribution is 2.35. The van der Waals surface area contributed by atoms with Gasteiger partial charge in [-0.25, -0.2) is 8.42 Å². The van der Waals surface area contributed by atoms with Gasteiger partial charge in [-0.1, -0.05) is 12.1 Å². The average Bonchev–Trinajstić information content (AvgIpc) is 3.27. The average molecular weight is 441 g/mol. The van der Waals surface area contributed by atoms with Gasteiger partial charge in [-0.3, -0.25) is 4.79 Å². The Morgan fingerprint density at radius 2 is 2.00 bits per heavy atom. The standard InChI is InChI=1S/C19H28N4O4S2/c1-6-16-20-17(22-27-16)14-11-15(12(2)28-14)29(25,26)23-9-7-13(8-10-23)18(24)21-19(3,4)5/h11,13H,6-10H2,1-5H3,(H,21,24). The Morgan fingerprint density at radius 1 is 1.34 bits per heavy atom. The molecule has 2 aromatic heterocycles. The molecule has 0 atom stereocenters. The highest BCUT2D eigenvalue weighted by Gasteiger charge is 2.34. The number of nitrogens with zero attached hydrogens (tertiary/aromatic N) is 3. The molecule has 0 spiro atoms. The summed E-state index contributed by atoms with van der Waals surface area (Å²) in [5.74, 6) is 0.763. The summed E-state index contributed by atoms with van der Waals surface area (Å²) in [5.41, 5.74) is -0.294. The first kappa shape index (κ1) is 21.9. The third-order valence-electron chi connectivity index (χ3n) is 4.80. The van der Waals surface area contributed by atoms with Crippen molar-refractivity contribution in [3.8, 4) is 10.7 Å². The minimum atomic E-state index is -3.64. The molecule has 1 N–H and O–H groups in total. The minimum Gasteiger partial charge on any atom is -0.351 e. The van der Waals surface area contributed by atoms with E-state index in [0.717, 1.165) is 0 Å². The van der Waals surface area contributed by atoms with Crippen LogP contribution in [0.25, 0.3) is 10.7 Å². The number of rotatable bonds is 5. The molecule has 1 fully saturated rings. The Bertz CT molecular complexity index is 980. The number of thiophene rings is 1. The van der Waals surface area contributed by atoms with Crippen molar-refractivity contribution in [3.63, 3.8) is 0 Å². The van der Waals surface area contributed by atoms with Crippen LogP contribution in [0.15, 0.2) is 15.5 Å². The van der Waals surface area contributed by atoms with E-state index in [4.69, 9.17) is 4.52 Å². The lowest BCUT2D eigenvalue weighted by molar-refractivity contribution is -0.127. The predicted octanol–water partition coefficient (Wildman–Crippen LogP) is 2.98. The number of carbonyl (C=O) groups is 1. The van der Waals surface area contributed by atoms with Crippen LogP contribution in [0.3, 0.4) is 0 Å². The minimum absolute atomic E-state index is 0.00705. The topological polar surface area (TPSA) is 105 Å². The van der Waals surface area contributed by atoms with E-state index < -0.39 is 10.0 Å². The number of hydrogen-bond donors (Lipinski definition) is 1. The number of aromatic nitrogens is 2. The maximum atomic E-state index is 13.2. The van der Waals surface area contributed by atoms with Gasteiger partial charge in [0.1, 0.15) is 0 Å². The van der Waals surface area contributed by atoms with Crippen molar-refractivity contribution in [1.82, 2.24) is 19.8 Å².